The van der Waals surface area contributed by atoms with E-state index in [2.05, 4.69) is 12.6 Å². The van der Waals surface area contributed by atoms with Crippen molar-refractivity contribution in [3.05, 3.63) is 29.8 Å². The van der Waals surface area contributed by atoms with Crippen LogP contribution in [0.25, 0.3) is 0 Å². The molecule has 0 spiro atoms. The fraction of sp³-hybridized carbons (Fsp3) is 0.143. The van der Waals surface area contributed by atoms with Gasteiger partial charge in [-0.2, -0.15) is 0 Å². The van der Waals surface area contributed by atoms with Crippen LogP contribution < -0.4 is 0 Å². The number of hydrogen-bond donors (Lipinski definition) is 3. The van der Waals surface area contributed by atoms with Gasteiger partial charge in [0, 0.05) is 5.56 Å². The second-order valence-electron chi connectivity index (χ2n) is 1.93. The Morgan fingerprint density at radius 2 is 1.90 bits per heavy atom. The molecule has 0 saturated carbocycles. The van der Waals surface area contributed by atoms with Crippen LogP contribution in [0.5, 0.6) is 5.75 Å². The molecule has 2 N–H and O–H groups in total. The summed E-state index contributed by atoms with van der Waals surface area (Å²) in [6.45, 7) is 0. The number of hydrogen-bond acceptors (Lipinski definition) is 3. The quantitative estimate of drug-likeness (QED) is 0.424. The second kappa shape index (κ2) is 2.94. The van der Waals surface area contributed by atoms with Crippen molar-refractivity contribution < 1.29 is 10.2 Å². The highest BCUT2D eigenvalue weighted by atomic mass is 32.1. The highest BCUT2D eigenvalue weighted by Crippen LogP contribution is 2.25. The highest BCUT2D eigenvalue weighted by molar-refractivity contribution is 7.80. The van der Waals surface area contributed by atoms with E-state index in [0.717, 1.165) is 0 Å². The van der Waals surface area contributed by atoms with Crippen LogP contribution in [-0.4, -0.2) is 10.2 Å². The molecule has 10 heavy (non-hydrogen) atoms. The number of aromatic hydroxyl groups is 1. The molecular weight excluding hydrogens is 148 g/mol. The fourth-order valence-corrected chi connectivity index (χ4v) is 0.924. The van der Waals surface area contributed by atoms with Gasteiger partial charge in [-0.1, -0.05) is 18.2 Å². The van der Waals surface area contributed by atoms with E-state index >= 15 is 0 Å². The zero-order chi connectivity index (χ0) is 7.56. The van der Waals surface area contributed by atoms with Crippen molar-refractivity contribution in [2.45, 2.75) is 5.44 Å². The number of para-hydroxylation sites is 1. The summed E-state index contributed by atoms with van der Waals surface area (Å²) in [7, 11) is 0. The van der Waals surface area contributed by atoms with Gasteiger partial charge in [0.05, 0.1) is 0 Å². The lowest BCUT2D eigenvalue weighted by Gasteiger charge is -2.04. The summed E-state index contributed by atoms with van der Waals surface area (Å²) in [4.78, 5) is 0. The molecule has 2 nitrogen and oxygen atoms in total. The summed E-state index contributed by atoms with van der Waals surface area (Å²) in [5.41, 5.74) is -0.466. The third-order valence-electron chi connectivity index (χ3n) is 1.21. The molecule has 0 saturated heterocycles. The molecule has 0 amide bonds. The average molecular weight is 156 g/mol. The van der Waals surface area contributed by atoms with Gasteiger partial charge in [0.25, 0.3) is 0 Å². The lowest BCUT2D eigenvalue weighted by atomic mass is 10.2. The van der Waals surface area contributed by atoms with Gasteiger partial charge in [-0.15, -0.1) is 12.6 Å². The molecule has 0 aliphatic carbocycles. The van der Waals surface area contributed by atoms with Gasteiger partial charge >= 0.3 is 0 Å². The van der Waals surface area contributed by atoms with Crippen LogP contribution >= 0.6 is 12.6 Å². The van der Waals surface area contributed by atoms with E-state index in [1.54, 1.807) is 18.2 Å². The Morgan fingerprint density at radius 1 is 1.30 bits per heavy atom. The van der Waals surface area contributed by atoms with Crippen LogP contribution in [0.1, 0.15) is 11.0 Å². The second-order valence-corrected chi connectivity index (χ2v) is 2.42. The molecular formula is C7H8O2S. The van der Waals surface area contributed by atoms with Gasteiger partial charge in [0.1, 0.15) is 11.2 Å². The van der Waals surface area contributed by atoms with Crippen molar-refractivity contribution in [2.75, 3.05) is 0 Å². The molecule has 0 aromatic heterocycles. The van der Waals surface area contributed by atoms with Crippen molar-refractivity contribution in [2.24, 2.45) is 0 Å². The minimum Gasteiger partial charge on any atom is -0.508 e. The minimum atomic E-state index is -0.902. The number of aliphatic hydroxyl groups excluding tert-OH is 1. The van der Waals surface area contributed by atoms with Crippen molar-refractivity contribution in [3.63, 3.8) is 0 Å². The SMILES string of the molecule is Oc1ccccc1C(O)S. The van der Waals surface area contributed by atoms with Crippen LogP contribution in [0.2, 0.25) is 0 Å². The first-order valence-electron chi connectivity index (χ1n) is 2.86. The molecule has 0 aliphatic heterocycles. The van der Waals surface area contributed by atoms with Gasteiger partial charge in [-0.25, -0.2) is 0 Å². The van der Waals surface area contributed by atoms with E-state index in [1.165, 1.54) is 6.07 Å². The van der Waals surface area contributed by atoms with Crippen LogP contribution in [0.4, 0.5) is 0 Å². The van der Waals surface area contributed by atoms with Crippen molar-refractivity contribution in [1.29, 1.82) is 0 Å². The Morgan fingerprint density at radius 3 is 2.30 bits per heavy atom. The molecule has 1 aromatic carbocycles. The Kier molecular flexibility index (Phi) is 2.19. The van der Waals surface area contributed by atoms with Crippen LogP contribution in [0.3, 0.4) is 0 Å². The molecule has 1 atom stereocenters. The highest BCUT2D eigenvalue weighted by Gasteiger charge is 2.04. The normalized spacial score (nSPS) is 13.0. The first-order chi connectivity index (χ1) is 4.72. The first-order valence-corrected chi connectivity index (χ1v) is 3.37. The van der Waals surface area contributed by atoms with Gasteiger partial charge in [0.2, 0.25) is 0 Å². The zero-order valence-electron chi connectivity index (χ0n) is 5.23. The summed E-state index contributed by atoms with van der Waals surface area (Å²) in [5.74, 6) is 0.0741. The van der Waals surface area contributed by atoms with E-state index < -0.39 is 5.44 Å². The maximum atomic E-state index is 9.07. The van der Waals surface area contributed by atoms with Crippen molar-refractivity contribution in [3.8, 4) is 5.75 Å². The molecule has 0 heterocycles. The Hall–Kier alpha value is -0.670. The van der Waals surface area contributed by atoms with E-state index in [4.69, 9.17) is 10.2 Å². The Labute approximate surface area is 64.5 Å². The molecule has 1 unspecified atom stereocenters. The van der Waals surface area contributed by atoms with Gasteiger partial charge in [0.15, 0.2) is 0 Å². The largest absolute Gasteiger partial charge is 0.508 e. The van der Waals surface area contributed by atoms with Gasteiger partial charge in [-0.3, -0.25) is 0 Å². The zero-order valence-corrected chi connectivity index (χ0v) is 6.12. The van der Waals surface area contributed by atoms with E-state index in [0.29, 0.717) is 5.56 Å². The minimum absolute atomic E-state index is 0.0741. The number of phenols is 1. The molecule has 0 aliphatic rings. The molecule has 1 aromatic rings. The monoisotopic (exact) mass is 156 g/mol. The Balaban J connectivity index is 3.03. The van der Waals surface area contributed by atoms with Crippen LogP contribution in [-0.2, 0) is 0 Å². The summed E-state index contributed by atoms with van der Waals surface area (Å²) >= 11 is 3.75. The number of thiol groups is 1. The third-order valence-corrected chi connectivity index (χ3v) is 1.49. The standard InChI is InChI=1S/C7H8O2S/c8-6-4-2-1-3-5(6)7(9)10/h1-4,7-10H. The summed E-state index contributed by atoms with van der Waals surface area (Å²) in [6.07, 6.45) is 0. The van der Waals surface area contributed by atoms with E-state index in [1.807, 2.05) is 0 Å². The summed E-state index contributed by atoms with van der Waals surface area (Å²) in [5, 5.41) is 18.0. The lowest BCUT2D eigenvalue weighted by Crippen LogP contribution is -1.86. The number of phenolic OH excluding ortho intramolecular Hbond substituents is 1. The van der Waals surface area contributed by atoms with Crippen LogP contribution in [0.15, 0.2) is 24.3 Å². The predicted octanol–water partition coefficient (Wildman–Crippen LogP) is 1.31. The summed E-state index contributed by atoms with van der Waals surface area (Å²) in [6, 6.07) is 6.55. The number of rotatable bonds is 1. The molecule has 0 radical (unpaired) electrons. The smallest absolute Gasteiger partial charge is 0.125 e. The molecule has 1 rings (SSSR count). The van der Waals surface area contributed by atoms with E-state index in [-0.39, 0.29) is 5.75 Å². The molecule has 54 valence electrons. The maximum absolute atomic E-state index is 9.07. The first kappa shape index (κ1) is 7.44. The predicted molar refractivity (Wildman–Crippen MR) is 42.1 cm³/mol. The van der Waals surface area contributed by atoms with Crippen LogP contribution in [0, 0.1) is 0 Å². The fourth-order valence-electron chi connectivity index (χ4n) is 0.706. The topological polar surface area (TPSA) is 40.5 Å². The lowest BCUT2D eigenvalue weighted by molar-refractivity contribution is 0.266. The number of benzene rings is 1. The van der Waals surface area contributed by atoms with Gasteiger partial charge < -0.3 is 10.2 Å². The molecule has 0 fully saturated rings. The maximum Gasteiger partial charge on any atom is 0.125 e. The van der Waals surface area contributed by atoms with Gasteiger partial charge in [-0.05, 0) is 6.07 Å². The van der Waals surface area contributed by atoms with Crippen molar-refractivity contribution in [1.82, 2.24) is 0 Å². The number of aliphatic hydroxyl groups is 1. The molecule has 0 bridgehead atoms. The van der Waals surface area contributed by atoms with Crippen molar-refractivity contribution >= 4 is 12.6 Å². The third kappa shape index (κ3) is 1.43. The molecule has 3 heteroatoms. The average Bonchev–Trinajstić information content (AvgIpc) is 1.88. The van der Waals surface area contributed by atoms with E-state index in [9.17, 15) is 0 Å². The summed E-state index contributed by atoms with van der Waals surface area (Å²) < 4.78 is 0. The Bertz CT molecular complexity index is 223.